The number of halogens is 1. The predicted molar refractivity (Wildman–Crippen MR) is 88.2 cm³/mol. The molecule has 1 aliphatic heterocycles. The summed E-state index contributed by atoms with van der Waals surface area (Å²) >= 11 is 6.11. The first-order chi connectivity index (χ1) is 9.97. The zero-order valence-electron chi connectivity index (χ0n) is 13.5. The van der Waals surface area contributed by atoms with Crippen LogP contribution in [0.25, 0.3) is 0 Å². The molecular weight excluding hydrogens is 286 g/mol. The van der Waals surface area contributed by atoms with E-state index in [2.05, 4.69) is 45.5 Å². The summed E-state index contributed by atoms with van der Waals surface area (Å²) in [7, 11) is 2.03. The SMILES string of the molecule is CC(C)CC(C)N(C)c1nc(Cl)nc(N2CCCCC2)n1. The van der Waals surface area contributed by atoms with Crippen LogP contribution in [0.3, 0.4) is 0 Å². The van der Waals surface area contributed by atoms with E-state index < -0.39 is 0 Å². The number of hydrogen-bond acceptors (Lipinski definition) is 5. The Balaban J connectivity index is 2.17. The Morgan fingerprint density at radius 3 is 2.38 bits per heavy atom. The molecular formula is C15H26ClN5. The second-order valence-electron chi connectivity index (χ2n) is 6.34. The van der Waals surface area contributed by atoms with Gasteiger partial charge in [-0.15, -0.1) is 0 Å². The maximum Gasteiger partial charge on any atom is 0.231 e. The van der Waals surface area contributed by atoms with Crippen LogP contribution in [0.2, 0.25) is 5.28 Å². The van der Waals surface area contributed by atoms with Gasteiger partial charge in [-0.3, -0.25) is 0 Å². The van der Waals surface area contributed by atoms with Gasteiger partial charge in [0.1, 0.15) is 0 Å². The molecule has 6 heteroatoms. The normalized spacial score (nSPS) is 17.1. The van der Waals surface area contributed by atoms with Crippen molar-refractivity contribution in [3.8, 4) is 0 Å². The number of aromatic nitrogens is 3. The summed E-state index contributed by atoms with van der Waals surface area (Å²) in [5, 5.41) is 0.282. The van der Waals surface area contributed by atoms with Gasteiger partial charge in [-0.05, 0) is 50.1 Å². The fourth-order valence-corrected chi connectivity index (χ4v) is 2.91. The minimum atomic E-state index is 0.282. The van der Waals surface area contributed by atoms with E-state index in [-0.39, 0.29) is 5.28 Å². The van der Waals surface area contributed by atoms with Crippen molar-refractivity contribution in [2.75, 3.05) is 29.9 Å². The van der Waals surface area contributed by atoms with E-state index in [0.29, 0.717) is 23.9 Å². The van der Waals surface area contributed by atoms with Crippen LogP contribution in [0, 0.1) is 5.92 Å². The number of nitrogens with zero attached hydrogens (tertiary/aromatic N) is 5. The van der Waals surface area contributed by atoms with Crippen molar-refractivity contribution in [2.24, 2.45) is 5.92 Å². The zero-order valence-corrected chi connectivity index (χ0v) is 14.3. The Bertz CT molecular complexity index is 459. The number of piperidine rings is 1. The molecule has 0 saturated carbocycles. The average Bonchev–Trinajstić information content (AvgIpc) is 2.46. The molecule has 0 N–H and O–H groups in total. The fourth-order valence-electron chi connectivity index (χ4n) is 2.76. The van der Waals surface area contributed by atoms with Crippen molar-refractivity contribution in [2.45, 2.75) is 52.5 Å². The Labute approximate surface area is 132 Å². The van der Waals surface area contributed by atoms with E-state index in [0.717, 1.165) is 19.5 Å². The van der Waals surface area contributed by atoms with Crippen molar-refractivity contribution in [1.82, 2.24) is 15.0 Å². The standard InChI is InChI=1S/C15H26ClN5/c1-11(2)10-12(3)20(4)14-17-13(16)18-15(19-14)21-8-6-5-7-9-21/h11-12H,5-10H2,1-4H3. The van der Waals surface area contributed by atoms with Gasteiger partial charge >= 0.3 is 0 Å². The molecule has 1 aliphatic rings. The number of rotatable bonds is 5. The van der Waals surface area contributed by atoms with Crippen LogP contribution >= 0.6 is 11.6 Å². The third-order valence-corrected chi connectivity index (χ3v) is 4.18. The number of anilines is 2. The highest BCUT2D eigenvalue weighted by atomic mass is 35.5. The molecule has 1 unspecified atom stereocenters. The van der Waals surface area contributed by atoms with E-state index in [1.54, 1.807) is 0 Å². The van der Waals surface area contributed by atoms with Gasteiger partial charge in [0.05, 0.1) is 0 Å². The molecule has 0 amide bonds. The molecule has 1 aromatic rings. The van der Waals surface area contributed by atoms with Crippen molar-refractivity contribution >= 4 is 23.5 Å². The van der Waals surface area contributed by atoms with Gasteiger partial charge in [-0.2, -0.15) is 15.0 Å². The minimum absolute atomic E-state index is 0.282. The highest BCUT2D eigenvalue weighted by Gasteiger charge is 2.19. The monoisotopic (exact) mass is 311 g/mol. The quantitative estimate of drug-likeness (QED) is 0.834. The summed E-state index contributed by atoms with van der Waals surface area (Å²) < 4.78 is 0. The molecule has 1 aromatic heterocycles. The lowest BCUT2D eigenvalue weighted by molar-refractivity contribution is 0.498. The Kier molecular flexibility index (Phi) is 5.62. The maximum atomic E-state index is 6.11. The summed E-state index contributed by atoms with van der Waals surface area (Å²) in [4.78, 5) is 17.5. The van der Waals surface area contributed by atoms with Gasteiger partial charge in [0.15, 0.2) is 0 Å². The fraction of sp³-hybridized carbons (Fsp3) is 0.800. The lowest BCUT2D eigenvalue weighted by Crippen LogP contribution is -2.34. The first-order valence-corrected chi connectivity index (χ1v) is 8.24. The third-order valence-electron chi connectivity index (χ3n) is 4.01. The van der Waals surface area contributed by atoms with Crippen LogP contribution < -0.4 is 9.80 Å². The summed E-state index contributed by atoms with van der Waals surface area (Å²) in [6.07, 6.45) is 4.77. The molecule has 0 aromatic carbocycles. The topological polar surface area (TPSA) is 45.2 Å². The lowest BCUT2D eigenvalue weighted by Gasteiger charge is -2.29. The highest BCUT2D eigenvalue weighted by molar-refractivity contribution is 6.28. The van der Waals surface area contributed by atoms with Crippen LogP contribution in [0.4, 0.5) is 11.9 Å². The molecule has 0 spiro atoms. The van der Waals surface area contributed by atoms with Crippen LogP contribution in [-0.4, -0.2) is 41.1 Å². The molecule has 0 radical (unpaired) electrons. The van der Waals surface area contributed by atoms with E-state index in [4.69, 9.17) is 11.6 Å². The molecule has 0 bridgehead atoms. The van der Waals surface area contributed by atoms with E-state index in [1.807, 2.05) is 7.05 Å². The molecule has 1 saturated heterocycles. The van der Waals surface area contributed by atoms with E-state index >= 15 is 0 Å². The molecule has 2 rings (SSSR count). The zero-order chi connectivity index (χ0) is 15.4. The number of hydrogen-bond donors (Lipinski definition) is 0. The molecule has 1 atom stereocenters. The minimum Gasteiger partial charge on any atom is -0.341 e. The van der Waals surface area contributed by atoms with Crippen molar-refractivity contribution in [3.05, 3.63) is 5.28 Å². The molecule has 21 heavy (non-hydrogen) atoms. The Morgan fingerprint density at radius 2 is 1.76 bits per heavy atom. The van der Waals surface area contributed by atoms with Gasteiger partial charge in [0.2, 0.25) is 17.2 Å². The first-order valence-electron chi connectivity index (χ1n) is 7.86. The Hall–Kier alpha value is -1.10. The Morgan fingerprint density at radius 1 is 1.10 bits per heavy atom. The van der Waals surface area contributed by atoms with Gasteiger partial charge in [0, 0.05) is 26.2 Å². The van der Waals surface area contributed by atoms with Gasteiger partial charge < -0.3 is 9.80 Å². The lowest BCUT2D eigenvalue weighted by atomic mass is 10.0. The summed E-state index contributed by atoms with van der Waals surface area (Å²) in [6.45, 7) is 8.65. The van der Waals surface area contributed by atoms with Crippen molar-refractivity contribution in [3.63, 3.8) is 0 Å². The highest BCUT2D eigenvalue weighted by Crippen LogP contribution is 2.21. The molecule has 1 fully saturated rings. The van der Waals surface area contributed by atoms with Crippen LogP contribution in [0.1, 0.15) is 46.5 Å². The summed E-state index contributed by atoms with van der Waals surface area (Å²) in [5.41, 5.74) is 0. The van der Waals surface area contributed by atoms with Crippen molar-refractivity contribution < 1.29 is 0 Å². The van der Waals surface area contributed by atoms with Gasteiger partial charge in [-0.1, -0.05) is 13.8 Å². The second-order valence-corrected chi connectivity index (χ2v) is 6.68. The second kappa shape index (κ2) is 7.25. The van der Waals surface area contributed by atoms with Gasteiger partial charge in [0.25, 0.3) is 0 Å². The average molecular weight is 312 g/mol. The maximum absolute atomic E-state index is 6.11. The molecule has 2 heterocycles. The molecule has 5 nitrogen and oxygen atoms in total. The van der Waals surface area contributed by atoms with Gasteiger partial charge in [-0.25, -0.2) is 0 Å². The molecule has 118 valence electrons. The van der Waals surface area contributed by atoms with Crippen molar-refractivity contribution in [1.29, 1.82) is 0 Å². The summed E-state index contributed by atoms with van der Waals surface area (Å²) in [6, 6.07) is 0.373. The van der Waals surface area contributed by atoms with E-state index in [9.17, 15) is 0 Å². The van der Waals surface area contributed by atoms with Crippen LogP contribution in [0.15, 0.2) is 0 Å². The smallest absolute Gasteiger partial charge is 0.231 e. The largest absolute Gasteiger partial charge is 0.341 e. The van der Waals surface area contributed by atoms with Crippen LogP contribution in [-0.2, 0) is 0 Å². The first kappa shape index (κ1) is 16.3. The van der Waals surface area contributed by atoms with E-state index in [1.165, 1.54) is 19.3 Å². The van der Waals surface area contributed by atoms with Crippen LogP contribution in [0.5, 0.6) is 0 Å². The summed E-state index contributed by atoms with van der Waals surface area (Å²) in [5.74, 6) is 2.03. The molecule has 0 aliphatic carbocycles. The predicted octanol–water partition coefficient (Wildman–Crippen LogP) is 3.39. The third kappa shape index (κ3) is 4.43.